The van der Waals surface area contributed by atoms with Crippen LogP contribution < -0.4 is 5.32 Å². The van der Waals surface area contributed by atoms with Gasteiger partial charge in [-0.3, -0.25) is 4.79 Å². The van der Waals surface area contributed by atoms with Crippen molar-refractivity contribution >= 4 is 21.8 Å². The summed E-state index contributed by atoms with van der Waals surface area (Å²) in [5.74, 6) is 0.311. The van der Waals surface area contributed by atoms with Crippen LogP contribution in [0.25, 0.3) is 0 Å². The van der Waals surface area contributed by atoms with Crippen LogP contribution in [-0.2, 0) is 0 Å². The molecule has 0 radical (unpaired) electrons. The first-order chi connectivity index (χ1) is 9.61. The maximum absolute atomic E-state index is 12.1. The normalized spacial score (nSPS) is 22.5. The Bertz CT molecular complexity index is 478. The van der Waals surface area contributed by atoms with E-state index in [0.717, 1.165) is 30.2 Å². The lowest BCUT2D eigenvalue weighted by atomic mass is 9.79. The van der Waals surface area contributed by atoms with Gasteiger partial charge in [-0.25, -0.2) is 0 Å². The Balaban J connectivity index is 1.96. The van der Waals surface area contributed by atoms with E-state index in [9.17, 15) is 15.0 Å². The average Bonchev–Trinajstić information content (AvgIpc) is 2.47. The van der Waals surface area contributed by atoms with Gasteiger partial charge in [-0.05, 0) is 42.9 Å². The maximum atomic E-state index is 12.1. The number of amides is 1. The number of carbonyl (C=O) groups excluding carboxylic acids is 1. The molecule has 1 aromatic carbocycles. The minimum atomic E-state index is -0.272. The lowest BCUT2D eigenvalue weighted by molar-refractivity contribution is 0.0906. The van der Waals surface area contributed by atoms with Gasteiger partial charge in [0.1, 0.15) is 5.75 Å². The molecular weight excluding hydrogens is 322 g/mol. The van der Waals surface area contributed by atoms with Gasteiger partial charge in [0.15, 0.2) is 0 Å². The number of rotatable bonds is 4. The fourth-order valence-corrected chi connectivity index (χ4v) is 3.16. The lowest BCUT2D eigenvalue weighted by Crippen LogP contribution is -2.35. The van der Waals surface area contributed by atoms with E-state index >= 15 is 0 Å². The molecule has 0 heterocycles. The minimum Gasteiger partial charge on any atom is -0.507 e. The van der Waals surface area contributed by atoms with Crippen molar-refractivity contribution in [1.82, 2.24) is 5.32 Å². The van der Waals surface area contributed by atoms with Gasteiger partial charge in [0.05, 0.1) is 5.56 Å². The molecule has 3 N–H and O–H groups in total. The molecule has 110 valence electrons. The highest BCUT2D eigenvalue weighted by atomic mass is 79.9. The minimum absolute atomic E-state index is 0.0203. The summed E-state index contributed by atoms with van der Waals surface area (Å²) in [6.45, 7) is 0.735. The number of hydrogen-bond acceptors (Lipinski definition) is 3. The van der Waals surface area contributed by atoms with Crippen LogP contribution in [0.5, 0.6) is 5.75 Å². The van der Waals surface area contributed by atoms with Crippen LogP contribution in [0.3, 0.4) is 0 Å². The van der Waals surface area contributed by atoms with Crippen molar-refractivity contribution in [3.8, 4) is 5.75 Å². The molecule has 1 aliphatic carbocycles. The fourth-order valence-electron chi connectivity index (χ4n) is 2.80. The zero-order chi connectivity index (χ0) is 14.5. The maximum Gasteiger partial charge on any atom is 0.255 e. The van der Waals surface area contributed by atoms with E-state index in [1.807, 2.05) is 0 Å². The van der Waals surface area contributed by atoms with Crippen LogP contribution in [0.2, 0.25) is 0 Å². The number of aromatic hydroxyl groups is 1. The third-order valence-corrected chi connectivity index (χ3v) is 4.52. The van der Waals surface area contributed by atoms with Crippen molar-refractivity contribution in [2.24, 2.45) is 11.8 Å². The molecule has 1 aromatic rings. The first kappa shape index (κ1) is 15.3. The van der Waals surface area contributed by atoms with E-state index in [1.54, 1.807) is 12.1 Å². The molecule has 0 saturated heterocycles. The molecule has 0 aliphatic heterocycles. The van der Waals surface area contributed by atoms with Gasteiger partial charge in [0.25, 0.3) is 5.91 Å². The second kappa shape index (κ2) is 7.09. The lowest BCUT2D eigenvalue weighted by Gasteiger charge is -2.30. The van der Waals surface area contributed by atoms with Gasteiger partial charge in [0.2, 0.25) is 0 Å². The number of hydrogen-bond donors (Lipinski definition) is 3. The van der Waals surface area contributed by atoms with Gasteiger partial charge in [-0.1, -0.05) is 28.8 Å². The molecule has 0 bridgehead atoms. The summed E-state index contributed by atoms with van der Waals surface area (Å²) in [4.78, 5) is 12.1. The zero-order valence-electron chi connectivity index (χ0n) is 11.3. The van der Waals surface area contributed by atoms with Crippen LogP contribution in [0.15, 0.2) is 22.7 Å². The molecule has 4 nitrogen and oxygen atoms in total. The first-order valence-corrected chi connectivity index (χ1v) is 7.78. The highest BCUT2D eigenvalue weighted by Crippen LogP contribution is 2.29. The Kier molecular flexibility index (Phi) is 5.43. The molecule has 2 unspecified atom stereocenters. The Morgan fingerprint density at radius 3 is 2.70 bits per heavy atom. The van der Waals surface area contributed by atoms with Gasteiger partial charge >= 0.3 is 0 Å². The molecule has 0 aromatic heterocycles. The average molecular weight is 342 g/mol. The Morgan fingerprint density at radius 2 is 2.00 bits per heavy atom. The van der Waals surface area contributed by atoms with Crippen LogP contribution in [0.4, 0.5) is 0 Å². The summed E-state index contributed by atoms with van der Waals surface area (Å²) in [5, 5.41) is 22.0. The standard InChI is InChI=1S/C15H20BrNO3/c16-12-5-6-14(19)13(7-12)15(20)17-8-10-3-1-2-4-11(10)9-18/h5-7,10-11,18-19H,1-4,8-9H2,(H,17,20). The topological polar surface area (TPSA) is 69.6 Å². The van der Waals surface area contributed by atoms with Gasteiger partial charge in [0, 0.05) is 17.6 Å². The van der Waals surface area contributed by atoms with Crippen molar-refractivity contribution in [1.29, 1.82) is 0 Å². The number of aliphatic hydroxyl groups is 1. The third-order valence-electron chi connectivity index (χ3n) is 4.03. The highest BCUT2D eigenvalue weighted by Gasteiger charge is 2.25. The summed E-state index contributed by atoms with van der Waals surface area (Å²) in [5.41, 5.74) is 0.274. The molecule has 1 fully saturated rings. The predicted octanol–water partition coefficient (Wildman–Crippen LogP) is 2.68. The summed E-state index contributed by atoms with van der Waals surface area (Å²) >= 11 is 3.29. The SMILES string of the molecule is O=C(NCC1CCCCC1CO)c1cc(Br)ccc1O. The Morgan fingerprint density at radius 1 is 1.30 bits per heavy atom. The quantitative estimate of drug-likeness (QED) is 0.788. The molecule has 5 heteroatoms. The molecule has 2 rings (SSSR count). The van der Waals surface area contributed by atoms with E-state index in [2.05, 4.69) is 21.2 Å². The third kappa shape index (κ3) is 3.73. The van der Waals surface area contributed by atoms with Crippen molar-refractivity contribution in [2.75, 3.05) is 13.2 Å². The number of carbonyl (C=O) groups is 1. The van der Waals surface area contributed by atoms with E-state index in [4.69, 9.17) is 0 Å². The van der Waals surface area contributed by atoms with Crippen molar-refractivity contribution in [2.45, 2.75) is 25.7 Å². The summed E-state index contributed by atoms with van der Waals surface area (Å²) in [7, 11) is 0. The molecule has 2 atom stereocenters. The number of phenolic OH excluding ortho intramolecular Hbond substituents is 1. The van der Waals surface area contributed by atoms with Crippen LogP contribution in [0, 0.1) is 11.8 Å². The van der Waals surface area contributed by atoms with Crippen molar-refractivity contribution < 1.29 is 15.0 Å². The van der Waals surface area contributed by atoms with Crippen molar-refractivity contribution in [3.63, 3.8) is 0 Å². The van der Waals surface area contributed by atoms with Crippen molar-refractivity contribution in [3.05, 3.63) is 28.2 Å². The van der Waals surface area contributed by atoms with Gasteiger partial charge < -0.3 is 15.5 Å². The van der Waals surface area contributed by atoms with Gasteiger partial charge in [-0.2, -0.15) is 0 Å². The Hall–Kier alpha value is -1.07. The smallest absolute Gasteiger partial charge is 0.255 e. The van der Waals surface area contributed by atoms with Crippen LogP contribution >= 0.6 is 15.9 Å². The molecule has 0 spiro atoms. The summed E-state index contributed by atoms with van der Waals surface area (Å²) < 4.78 is 0.756. The van der Waals surface area contributed by atoms with E-state index < -0.39 is 0 Å². The summed E-state index contributed by atoms with van der Waals surface area (Å²) in [6.07, 6.45) is 4.37. The molecule has 1 amide bonds. The van der Waals surface area contributed by atoms with E-state index in [1.165, 1.54) is 6.07 Å². The number of benzene rings is 1. The number of nitrogens with one attached hydrogen (secondary N) is 1. The first-order valence-electron chi connectivity index (χ1n) is 6.99. The second-order valence-corrected chi connectivity index (χ2v) is 6.27. The number of halogens is 1. The number of phenols is 1. The fraction of sp³-hybridized carbons (Fsp3) is 0.533. The molecular formula is C15H20BrNO3. The zero-order valence-corrected chi connectivity index (χ0v) is 12.9. The second-order valence-electron chi connectivity index (χ2n) is 5.36. The highest BCUT2D eigenvalue weighted by molar-refractivity contribution is 9.10. The molecule has 1 aliphatic rings. The predicted molar refractivity (Wildman–Crippen MR) is 80.7 cm³/mol. The monoisotopic (exact) mass is 341 g/mol. The largest absolute Gasteiger partial charge is 0.507 e. The van der Waals surface area contributed by atoms with E-state index in [-0.39, 0.29) is 29.7 Å². The number of aliphatic hydroxyl groups excluding tert-OH is 1. The Labute approximate surface area is 127 Å². The summed E-state index contributed by atoms with van der Waals surface area (Å²) in [6, 6.07) is 4.79. The van der Waals surface area contributed by atoms with Crippen LogP contribution in [0.1, 0.15) is 36.0 Å². The van der Waals surface area contributed by atoms with E-state index in [0.29, 0.717) is 12.5 Å². The molecule has 20 heavy (non-hydrogen) atoms. The van der Waals surface area contributed by atoms with Gasteiger partial charge in [-0.15, -0.1) is 0 Å². The molecule has 1 saturated carbocycles. The van der Waals surface area contributed by atoms with Crippen LogP contribution in [-0.4, -0.2) is 29.3 Å².